The minimum absolute atomic E-state index is 0.0597. The fraction of sp³-hybridized carbons (Fsp3) is 0.889. The second kappa shape index (κ2) is 5.45. The number of alkyl halides is 1. The van der Waals surface area contributed by atoms with Crippen LogP contribution in [0.4, 0.5) is 0 Å². The highest BCUT2D eigenvalue weighted by Crippen LogP contribution is 2.20. The number of hydrogen-bond acceptors (Lipinski definition) is 2. The van der Waals surface area contributed by atoms with Gasteiger partial charge in [-0.25, -0.2) is 0 Å². The first-order chi connectivity index (χ1) is 6.26. The Hall–Kier alpha value is -0.280. The van der Waals surface area contributed by atoms with Crippen LogP contribution in [0.15, 0.2) is 0 Å². The average molecular weight is 206 g/mol. The first-order valence-corrected chi connectivity index (χ1v) is 5.18. The molecule has 0 unspecified atom stereocenters. The van der Waals surface area contributed by atoms with Crippen LogP contribution < -0.4 is 5.32 Å². The van der Waals surface area contributed by atoms with Crippen molar-refractivity contribution in [1.29, 1.82) is 0 Å². The highest BCUT2D eigenvalue weighted by Gasteiger charge is 2.21. The van der Waals surface area contributed by atoms with Gasteiger partial charge in [0, 0.05) is 13.2 Å². The standard InChI is InChI=1S/C9H16ClNO2/c1-13-8-4-2-7(3-5-8)11-9(12)6-10/h7-8H,2-6H2,1H3,(H,11,12). The molecule has 0 radical (unpaired) electrons. The summed E-state index contributed by atoms with van der Waals surface area (Å²) in [5.74, 6) is -0.00737. The molecule has 0 atom stereocenters. The second-order valence-electron chi connectivity index (χ2n) is 3.41. The van der Waals surface area contributed by atoms with Crippen molar-refractivity contribution < 1.29 is 9.53 Å². The fourth-order valence-electron chi connectivity index (χ4n) is 1.71. The normalized spacial score (nSPS) is 28.5. The van der Waals surface area contributed by atoms with Gasteiger partial charge in [0.2, 0.25) is 5.91 Å². The smallest absolute Gasteiger partial charge is 0.235 e. The van der Waals surface area contributed by atoms with Crippen molar-refractivity contribution in [2.24, 2.45) is 0 Å². The van der Waals surface area contributed by atoms with E-state index in [1.807, 2.05) is 0 Å². The molecule has 1 saturated carbocycles. The van der Waals surface area contributed by atoms with E-state index >= 15 is 0 Å². The fourth-order valence-corrected chi connectivity index (χ4v) is 1.79. The first-order valence-electron chi connectivity index (χ1n) is 4.64. The summed E-state index contributed by atoms with van der Waals surface area (Å²) in [4.78, 5) is 11.0. The molecular weight excluding hydrogens is 190 g/mol. The summed E-state index contributed by atoms with van der Waals surface area (Å²) in [6.45, 7) is 0. The molecule has 3 nitrogen and oxygen atoms in total. The minimum atomic E-state index is -0.0671. The van der Waals surface area contributed by atoms with Gasteiger partial charge in [0.15, 0.2) is 0 Å². The van der Waals surface area contributed by atoms with Crippen molar-refractivity contribution in [3.05, 3.63) is 0 Å². The molecule has 0 saturated heterocycles. The van der Waals surface area contributed by atoms with Crippen molar-refractivity contribution in [3.63, 3.8) is 0 Å². The molecule has 0 aromatic carbocycles. The number of amides is 1. The molecule has 0 aromatic rings. The molecule has 0 bridgehead atoms. The zero-order valence-electron chi connectivity index (χ0n) is 7.88. The van der Waals surface area contributed by atoms with Crippen molar-refractivity contribution >= 4 is 17.5 Å². The van der Waals surface area contributed by atoms with Crippen LogP contribution >= 0.6 is 11.6 Å². The number of carbonyl (C=O) groups is 1. The molecule has 1 fully saturated rings. The van der Waals surface area contributed by atoms with Gasteiger partial charge in [-0.2, -0.15) is 0 Å². The van der Waals surface area contributed by atoms with Gasteiger partial charge in [0.05, 0.1) is 6.10 Å². The highest BCUT2D eigenvalue weighted by atomic mass is 35.5. The van der Waals surface area contributed by atoms with Crippen LogP contribution in [0.5, 0.6) is 0 Å². The lowest BCUT2D eigenvalue weighted by atomic mass is 9.93. The number of hydrogen-bond donors (Lipinski definition) is 1. The van der Waals surface area contributed by atoms with E-state index in [9.17, 15) is 4.79 Å². The number of carbonyl (C=O) groups excluding carboxylic acids is 1. The van der Waals surface area contributed by atoms with Crippen LogP contribution in [0.2, 0.25) is 0 Å². The topological polar surface area (TPSA) is 38.3 Å². The third-order valence-corrected chi connectivity index (χ3v) is 2.74. The Labute approximate surface area is 83.8 Å². The number of nitrogens with one attached hydrogen (secondary N) is 1. The van der Waals surface area contributed by atoms with E-state index in [4.69, 9.17) is 16.3 Å². The Morgan fingerprint density at radius 1 is 1.46 bits per heavy atom. The molecule has 13 heavy (non-hydrogen) atoms. The second-order valence-corrected chi connectivity index (χ2v) is 3.68. The summed E-state index contributed by atoms with van der Waals surface area (Å²) in [5.41, 5.74) is 0. The van der Waals surface area contributed by atoms with Gasteiger partial charge in [-0.1, -0.05) is 0 Å². The molecule has 4 heteroatoms. The lowest BCUT2D eigenvalue weighted by molar-refractivity contribution is -0.119. The molecule has 0 spiro atoms. The third-order valence-electron chi connectivity index (χ3n) is 2.49. The molecule has 0 aliphatic heterocycles. The number of rotatable bonds is 3. The van der Waals surface area contributed by atoms with E-state index in [0.717, 1.165) is 25.7 Å². The van der Waals surface area contributed by atoms with E-state index in [1.54, 1.807) is 7.11 Å². The summed E-state index contributed by atoms with van der Waals surface area (Å²) in [7, 11) is 1.74. The Kier molecular flexibility index (Phi) is 4.53. The first kappa shape index (κ1) is 10.8. The Bertz CT molecular complexity index is 167. The summed E-state index contributed by atoms with van der Waals surface area (Å²) in [5, 5.41) is 2.89. The van der Waals surface area contributed by atoms with E-state index in [-0.39, 0.29) is 11.8 Å². The van der Waals surface area contributed by atoms with Crippen LogP contribution in [-0.2, 0) is 9.53 Å². The van der Waals surface area contributed by atoms with E-state index in [1.165, 1.54) is 0 Å². The van der Waals surface area contributed by atoms with Crippen molar-refractivity contribution in [2.75, 3.05) is 13.0 Å². The third kappa shape index (κ3) is 3.53. The van der Waals surface area contributed by atoms with Gasteiger partial charge in [-0.3, -0.25) is 4.79 Å². The average Bonchev–Trinajstić information content (AvgIpc) is 2.19. The Morgan fingerprint density at radius 2 is 2.08 bits per heavy atom. The summed E-state index contributed by atoms with van der Waals surface area (Å²) < 4.78 is 5.23. The molecule has 1 amide bonds. The van der Waals surface area contributed by atoms with E-state index < -0.39 is 0 Å². The molecule has 0 aromatic heterocycles. The van der Waals surface area contributed by atoms with Crippen molar-refractivity contribution in [2.45, 2.75) is 37.8 Å². The monoisotopic (exact) mass is 205 g/mol. The molecule has 0 heterocycles. The predicted molar refractivity (Wildman–Crippen MR) is 51.9 cm³/mol. The van der Waals surface area contributed by atoms with Crippen LogP contribution in [0.1, 0.15) is 25.7 Å². The molecule has 1 aliphatic carbocycles. The Balaban J connectivity index is 2.21. The molecule has 1 aliphatic rings. The molecule has 1 rings (SSSR count). The van der Waals surface area contributed by atoms with Crippen LogP contribution in [0.25, 0.3) is 0 Å². The van der Waals surface area contributed by atoms with E-state index in [0.29, 0.717) is 12.1 Å². The van der Waals surface area contributed by atoms with Gasteiger partial charge in [0.25, 0.3) is 0 Å². The zero-order valence-corrected chi connectivity index (χ0v) is 8.64. The van der Waals surface area contributed by atoms with Gasteiger partial charge in [-0.15, -0.1) is 11.6 Å². The largest absolute Gasteiger partial charge is 0.381 e. The molecule has 76 valence electrons. The maximum atomic E-state index is 11.0. The van der Waals surface area contributed by atoms with Gasteiger partial charge < -0.3 is 10.1 Å². The number of ether oxygens (including phenoxy) is 1. The minimum Gasteiger partial charge on any atom is -0.381 e. The summed E-state index contributed by atoms with van der Waals surface area (Å²) in [6.07, 6.45) is 4.44. The number of halogens is 1. The van der Waals surface area contributed by atoms with Crippen LogP contribution in [-0.4, -0.2) is 31.0 Å². The predicted octanol–water partition coefficient (Wildman–Crippen LogP) is 1.30. The maximum Gasteiger partial charge on any atom is 0.235 e. The van der Waals surface area contributed by atoms with Crippen molar-refractivity contribution in [1.82, 2.24) is 5.32 Å². The van der Waals surface area contributed by atoms with Gasteiger partial charge in [-0.05, 0) is 25.7 Å². The van der Waals surface area contributed by atoms with Gasteiger partial charge in [0.1, 0.15) is 5.88 Å². The lowest BCUT2D eigenvalue weighted by Crippen LogP contribution is -2.39. The van der Waals surface area contributed by atoms with Crippen LogP contribution in [0, 0.1) is 0 Å². The lowest BCUT2D eigenvalue weighted by Gasteiger charge is -2.27. The molecule has 1 N–H and O–H groups in total. The van der Waals surface area contributed by atoms with Gasteiger partial charge >= 0.3 is 0 Å². The SMILES string of the molecule is COC1CCC(NC(=O)CCl)CC1. The van der Waals surface area contributed by atoms with E-state index in [2.05, 4.69) is 5.32 Å². The molecular formula is C9H16ClNO2. The quantitative estimate of drug-likeness (QED) is 0.706. The Morgan fingerprint density at radius 3 is 2.54 bits per heavy atom. The van der Waals surface area contributed by atoms with Crippen molar-refractivity contribution in [3.8, 4) is 0 Å². The van der Waals surface area contributed by atoms with Crippen LogP contribution in [0.3, 0.4) is 0 Å². The zero-order chi connectivity index (χ0) is 9.68. The highest BCUT2D eigenvalue weighted by molar-refractivity contribution is 6.27. The summed E-state index contributed by atoms with van der Waals surface area (Å²) >= 11 is 5.39. The maximum absolute atomic E-state index is 11.0. The number of methoxy groups -OCH3 is 1. The summed E-state index contributed by atoms with van der Waals surface area (Å²) in [6, 6.07) is 0.303.